The summed E-state index contributed by atoms with van der Waals surface area (Å²) in [6.07, 6.45) is 1.41. The van der Waals surface area contributed by atoms with Crippen LogP contribution in [0.25, 0.3) is 0 Å². The minimum absolute atomic E-state index is 0.173. The molecule has 5 nitrogen and oxygen atoms in total. The molecule has 25 heavy (non-hydrogen) atoms. The number of halogens is 2. The van der Waals surface area contributed by atoms with Gasteiger partial charge in [-0.2, -0.15) is 0 Å². The van der Waals surface area contributed by atoms with Crippen LogP contribution in [0.3, 0.4) is 0 Å². The van der Waals surface area contributed by atoms with Crippen molar-refractivity contribution in [2.24, 2.45) is 0 Å². The average Bonchev–Trinajstić information content (AvgIpc) is 3.12. The average molecular weight is 375 g/mol. The number of rotatable bonds is 4. The summed E-state index contributed by atoms with van der Waals surface area (Å²) in [4.78, 5) is 24.2. The maximum Gasteiger partial charge on any atom is 0.291 e. The largest absolute Gasteiger partial charge is 0.459 e. The molecule has 0 aliphatic heterocycles. The van der Waals surface area contributed by atoms with Gasteiger partial charge in [0.2, 0.25) is 0 Å². The second-order valence-corrected chi connectivity index (χ2v) is 5.87. The molecular formula is C18H12Cl2N2O3. The first-order valence-electron chi connectivity index (χ1n) is 7.25. The lowest BCUT2D eigenvalue weighted by molar-refractivity contribution is 0.0994. The van der Waals surface area contributed by atoms with Crippen LogP contribution >= 0.6 is 23.2 Å². The SMILES string of the molecule is O=C(Nc1ccc(NC(=O)c2ccccc2Cl)cc1Cl)c1ccco1. The molecule has 0 bridgehead atoms. The summed E-state index contributed by atoms with van der Waals surface area (Å²) >= 11 is 12.2. The van der Waals surface area contributed by atoms with E-state index in [9.17, 15) is 9.59 Å². The predicted octanol–water partition coefficient (Wildman–Crippen LogP) is 5.09. The number of hydrogen-bond donors (Lipinski definition) is 2. The fourth-order valence-electron chi connectivity index (χ4n) is 2.13. The van der Waals surface area contributed by atoms with Crippen LogP contribution in [0.5, 0.6) is 0 Å². The highest BCUT2D eigenvalue weighted by molar-refractivity contribution is 6.35. The van der Waals surface area contributed by atoms with Crippen LogP contribution < -0.4 is 10.6 Å². The Labute approximate surface area is 153 Å². The van der Waals surface area contributed by atoms with Crippen molar-refractivity contribution in [3.63, 3.8) is 0 Å². The maximum absolute atomic E-state index is 12.2. The fourth-order valence-corrected chi connectivity index (χ4v) is 2.58. The molecule has 7 heteroatoms. The molecule has 1 aromatic heterocycles. The van der Waals surface area contributed by atoms with Gasteiger partial charge >= 0.3 is 0 Å². The Morgan fingerprint density at radius 3 is 2.32 bits per heavy atom. The smallest absolute Gasteiger partial charge is 0.291 e. The summed E-state index contributed by atoms with van der Waals surface area (Å²) in [5.74, 6) is -0.596. The normalized spacial score (nSPS) is 10.3. The fraction of sp³-hybridized carbons (Fsp3) is 0. The first-order valence-corrected chi connectivity index (χ1v) is 8.00. The van der Waals surface area contributed by atoms with Gasteiger partial charge < -0.3 is 15.1 Å². The number of anilines is 2. The zero-order valence-corrected chi connectivity index (χ0v) is 14.3. The summed E-state index contributed by atoms with van der Waals surface area (Å²) in [6.45, 7) is 0. The van der Waals surface area contributed by atoms with Crippen LogP contribution in [-0.4, -0.2) is 11.8 Å². The standard InChI is InChI=1S/C18H12Cl2N2O3/c19-13-5-2-1-4-12(13)17(23)21-11-7-8-15(14(20)10-11)22-18(24)16-6-3-9-25-16/h1-10H,(H,21,23)(H,22,24). The topological polar surface area (TPSA) is 71.3 Å². The first-order chi connectivity index (χ1) is 12.0. The summed E-state index contributed by atoms with van der Waals surface area (Å²) < 4.78 is 5.02. The molecule has 0 aliphatic carbocycles. The third-order valence-corrected chi connectivity index (χ3v) is 3.98. The molecule has 126 valence electrons. The molecule has 0 saturated carbocycles. The minimum Gasteiger partial charge on any atom is -0.459 e. The highest BCUT2D eigenvalue weighted by atomic mass is 35.5. The molecule has 0 unspecified atom stereocenters. The Morgan fingerprint density at radius 2 is 1.64 bits per heavy atom. The molecule has 3 aromatic rings. The van der Waals surface area contributed by atoms with Crippen LogP contribution in [0.4, 0.5) is 11.4 Å². The Bertz CT molecular complexity index is 924. The van der Waals surface area contributed by atoms with Crippen LogP contribution in [0.15, 0.2) is 65.3 Å². The lowest BCUT2D eigenvalue weighted by Gasteiger charge is -2.10. The van der Waals surface area contributed by atoms with Crippen LogP contribution in [0, 0.1) is 0 Å². The number of carbonyl (C=O) groups is 2. The van der Waals surface area contributed by atoms with E-state index in [1.54, 1.807) is 48.5 Å². The maximum atomic E-state index is 12.2. The molecule has 0 saturated heterocycles. The van der Waals surface area contributed by atoms with Gasteiger partial charge in [-0.1, -0.05) is 35.3 Å². The van der Waals surface area contributed by atoms with Gasteiger partial charge in [0.15, 0.2) is 5.76 Å². The second-order valence-electron chi connectivity index (χ2n) is 5.06. The van der Waals surface area contributed by atoms with Crippen molar-refractivity contribution < 1.29 is 14.0 Å². The van der Waals surface area contributed by atoms with E-state index in [2.05, 4.69) is 10.6 Å². The number of benzene rings is 2. The number of amides is 2. The van der Waals surface area contributed by atoms with E-state index < -0.39 is 5.91 Å². The molecule has 0 fully saturated rings. The molecule has 1 heterocycles. The Balaban J connectivity index is 1.73. The van der Waals surface area contributed by atoms with E-state index in [1.165, 1.54) is 12.3 Å². The highest BCUT2D eigenvalue weighted by Gasteiger charge is 2.13. The van der Waals surface area contributed by atoms with E-state index in [-0.39, 0.29) is 16.7 Å². The van der Waals surface area contributed by atoms with Gasteiger partial charge in [0.1, 0.15) is 0 Å². The molecule has 3 rings (SSSR count). The Hall–Kier alpha value is -2.76. The van der Waals surface area contributed by atoms with Crippen molar-refractivity contribution in [2.45, 2.75) is 0 Å². The van der Waals surface area contributed by atoms with Crippen LogP contribution in [0.2, 0.25) is 10.0 Å². The van der Waals surface area contributed by atoms with E-state index >= 15 is 0 Å². The third kappa shape index (κ3) is 4.02. The summed E-state index contributed by atoms with van der Waals surface area (Å²) in [5.41, 5.74) is 1.24. The first kappa shape index (κ1) is 17.1. The van der Waals surface area contributed by atoms with Gasteiger partial charge in [0.05, 0.1) is 27.6 Å². The second kappa shape index (κ2) is 7.42. The Morgan fingerprint density at radius 1 is 0.840 bits per heavy atom. The van der Waals surface area contributed by atoms with E-state index in [0.717, 1.165) is 0 Å². The predicted molar refractivity (Wildman–Crippen MR) is 97.5 cm³/mol. The van der Waals surface area contributed by atoms with Gasteiger partial charge in [0.25, 0.3) is 11.8 Å². The van der Waals surface area contributed by atoms with Crippen molar-refractivity contribution in [3.8, 4) is 0 Å². The summed E-state index contributed by atoms with van der Waals surface area (Å²) in [6, 6.07) is 14.6. The molecule has 2 aromatic carbocycles. The number of nitrogens with one attached hydrogen (secondary N) is 2. The molecule has 0 aliphatic rings. The van der Waals surface area contributed by atoms with E-state index in [4.69, 9.17) is 27.6 Å². The molecule has 2 amide bonds. The van der Waals surface area contributed by atoms with Gasteiger partial charge in [-0.3, -0.25) is 9.59 Å². The zero-order chi connectivity index (χ0) is 17.8. The van der Waals surface area contributed by atoms with Gasteiger partial charge in [-0.25, -0.2) is 0 Å². The molecular weight excluding hydrogens is 363 g/mol. The molecule has 0 radical (unpaired) electrons. The van der Waals surface area contributed by atoms with Crippen LogP contribution in [0.1, 0.15) is 20.9 Å². The highest BCUT2D eigenvalue weighted by Crippen LogP contribution is 2.27. The third-order valence-electron chi connectivity index (χ3n) is 3.34. The van der Waals surface area contributed by atoms with Crippen molar-refractivity contribution in [1.29, 1.82) is 0 Å². The monoisotopic (exact) mass is 374 g/mol. The van der Waals surface area contributed by atoms with Crippen molar-refractivity contribution >= 4 is 46.4 Å². The lowest BCUT2D eigenvalue weighted by Crippen LogP contribution is -2.13. The minimum atomic E-state index is -0.417. The summed E-state index contributed by atoms with van der Waals surface area (Å²) in [7, 11) is 0. The molecule has 2 N–H and O–H groups in total. The van der Waals surface area contributed by atoms with Crippen molar-refractivity contribution in [3.05, 3.63) is 82.2 Å². The number of furan rings is 1. The summed E-state index contributed by atoms with van der Waals surface area (Å²) in [5, 5.41) is 5.97. The van der Waals surface area contributed by atoms with E-state index in [0.29, 0.717) is 22.0 Å². The van der Waals surface area contributed by atoms with Gasteiger partial charge in [-0.05, 0) is 42.5 Å². The number of carbonyl (C=O) groups excluding carboxylic acids is 2. The van der Waals surface area contributed by atoms with Crippen LogP contribution in [-0.2, 0) is 0 Å². The number of hydrogen-bond acceptors (Lipinski definition) is 3. The van der Waals surface area contributed by atoms with Crippen molar-refractivity contribution in [2.75, 3.05) is 10.6 Å². The van der Waals surface area contributed by atoms with Gasteiger partial charge in [-0.15, -0.1) is 0 Å². The lowest BCUT2D eigenvalue weighted by atomic mass is 10.2. The molecule has 0 spiro atoms. The van der Waals surface area contributed by atoms with E-state index in [1.807, 2.05) is 0 Å². The quantitative estimate of drug-likeness (QED) is 0.667. The van der Waals surface area contributed by atoms with Crippen molar-refractivity contribution in [1.82, 2.24) is 0 Å². The Kier molecular flexibility index (Phi) is 5.07. The zero-order valence-electron chi connectivity index (χ0n) is 12.8. The molecule has 0 atom stereocenters. The van der Waals surface area contributed by atoms with Gasteiger partial charge in [0, 0.05) is 5.69 Å².